The van der Waals surface area contributed by atoms with Gasteiger partial charge in [-0.3, -0.25) is 4.79 Å². The standard InChI is InChI=1S/C11H9BrF3N5O/c1-16-9(21)5-20-10(17-18-19-20)7-3-2-6(12)4-8(7)11(13,14)15/h2-4H,5H2,1H3,(H,16,21). The first-order valence-electron chi connectivity index (χ1n) is 5.67. The number of amides is 1. The molecule has 2 aromatic rings. The van der Waals surface area contributed by atoms with E-state index in [2.05, 4.69) is 36.8 Å². The molecule has 6 nitrogen and oxygen atoms in total. The zero-order chi connectivity index (χ0) is 15.6. The van der Waals surface area contributed by atoms with Crippen LogP contribution in [0.4, 0.5) is 13.2 Å². The van der Waals surface area contributed by atoms with E-state index in [0.29, 0.717) is 0 Å². The normalized spacial score (nSPS) is 11.5. The summed E-state index contributed by atoms with van der Waals surface area (Å²) in [4.78, 5) is 11.3. The van der Waals surface area contributed by atoms with Crippen LogP contribution in [0.25, 0.3) is 11.4 Å². The predicted octanol–water partition coefficient (Wildman–Crippen LogP) is 1.87. The van der Waals surface area contributed by atoms with Gasteiger partial charge in [-0.05, 0) is 28.6 Å². The Balaban J connectivity index is 2.53. The van der Waals surface area contributed by atoms with Crippen molar-refractivity contribution in [2.45, 2.75) is 12.7 Å². The van der Waals surface area contributed by atoms with E-state index in [0.717, 1.165) is 10.7 Å². The van der Waals surface area contributed by atoms with Crippen LogP contribution in [0, 0.1) is 0 Å². The van der Waals surface area contributed by atoms with Crippen molar-refractivity contribution in [3.05, 3.63) is 28.2 Å². The number of hydrogen-bond acceptors (Lipinski definition) is 4. The van der Waals surface area contributed by atoms with Gasteiger partial charge >= 0.3 is 6.18 Å². The maximum Gasteiger partial charge on any atom is 0.417 e. The Morgan fingerprint density at radius 2 is 2.14 bits per heavy atom. The van der Waals surface area contributed by atoms with E-state index in [1.165, 1.54) is 19.2 Å². The molecule has 1 aromatic carbocycles. The Morgan fingerprint density at radius 3 is 2.76 bits per heavy atom. The van der Waals surface area contributed by atoms with Crippen LogP contribution in [0.5, 0.6) is 0 Å². The van der Waals surface area contributed by atoms with Gasteiger partial charge in [0.25, 0.3) is 0 Å². The fourth-order valence-corrected chi connectivity index (χ4v) is 2.03. The van der Waals surface area contributed by atoms with Crippen LogP contribution >= 0.6 is 15.9 Å². The van der Waals surface area contributed by atoms with E-state index in [9.17, 15) is 18.0 Å². The number of aromatic nitrogens is 4. The third kappa shape index (κ3) is 3.38. The van der Waals surface area contributed by atoms with Crippen molar-refractivity contribution in [1.29, 1.82) is 0 Å². The number of alkyl halides is 3. The van der Waals surface area contributed by atoms with Gasteiger partial charge in [0.2, 0.25) is 5.91 Å². The summed E-state index contributed by atoms with van der Waals surface area (Å²) in [6.07, 6.45) is -4.57. The van der Waals surface area contributed by atoms with Gasteiger partial charge in [0.15, 0.2) is 5.82 Å². The largest absolute Gasteiger partial charge is 0.417 e. The van der Waals surface area contributed by atoms with Gasteiger partial charge < -0.3 is 5.32 Å². The van der Waals surface area contributed by atoms with Gasteiger partial charge in [0.1, 0.15) is 6.54 Å². The Morgan fingerprint density at radius 1 is 1.43 bits per heavy atom. The lowest BCUT2D eigenvalue weighted by atomic mass is 10.1. The molecule has 0 spiro atoms. The molecule has 2 rings (SSSR count). The van der Waals surface area contributed by atoms with Crippen molar-refractivity contribution in [1.82, 2.24) is 25.5 Å². The molecule has 112 valence electrons. The minimum atomic E-state index is -4.57. The van der Waals surface area contributed by atoms with Crippen LogP contribution < -0.4 is 5.32 Å². The van der Waals surface area contributed by atoms with Gasteiger partial charge in [-0.1, -0.05) is 15.9 Å². The lowest BCUT2D eigenvalue weighted by molar-refractivity contribution is -0.137. The van der Waals surface area contributed by atoms with Crippen molar-refractivity contribution < 1.29 is 18.0 Å². The second-order valence-corrected chi connectivity index (χ2v) is 4.94. The molecule has 0 unspecified atom stereocenters. The Labute approximate surface area is 125 Å². The minimum Gasteiger partial charge on any atom is -0.358 e. The number of tetrazole rings is 1. The second kappa shape index (κ2) is 5.80. The number of carbonyl (C=O) groups excluding carboxylic acids is 1. The highest BCUT2D eigenvalue weighted by atomic mass is 79.9. The smallest absolute Gasteiger partial charge is 0.358 e. The maximum atomic E-state index is 13.1. The fourth-order valence-electron chi connectivity index (χ4n) is 1.67. The highest BCUT2D eigenvalue weighted by Crippen LogP contribution is 2.37. The fraction of sp³-hybridized carbons (Fsp3) is 0.273. The number of benzene rings is 1. The molecule has 0 aliphatic heterocycles. The number of hydrogen-bond donors (Lipinski definition) is 1. The molecule has 1 amide bonds. The van der Waals surface area contributed by atoms with E-state index in [-0.39, 0.29) is 22.4 Å². The summed E-state index contributed by atoms with van der Waals surface area (Å²) in [6, 6.07) is 3.64. The van der Waals surface area contributed by atoms with Crippen LogP contribution in [0.2, 0.25) is 0 Å². The number of nitrogens with one attached hydrogen (secondary N) is 1. The molecule has 0 saturated carbocycles. The van der Waals surface area contributed by atoms with Gasteiger partial charge in [0, 0.05) is 17.1 Å². The second-order valence-electron chi connectivity index (χ2n) is 4.02. The first-order valence-corrected chi connectivity index (χ1v) is 6.46. The maximum absolute atomic E-state index is 13.1. The molecule has 0 aliphatic carbocycles. The molecular formula is C11H9BrF3N5O. The average molecular weight is 364 g/mol. The Bertz CT molecular complexity index is 670. The highest BCUT2D eigenvalue weighted by molar-refractivity contribution is 9.10. The summed E-state index contributed by atoms with van der Waals surface area (Å²) in [7, 11) is 1.41. The Kier molecular flexibility index (Phi) is 4.26. The third-order valence-corrected chi connectivity index (χ3v) is 3.13. The number of likely N-dealkylation sites (N-methyl/N-ethyl adjacent to an activating group) is 1. The average Bonchev–Trinajstić information content (AvgIpc) is 2.85. The van der Waals surface area contributed by atoms with Crippen LogP contribution in [-0.2, 0) is 17.5 Å². The molecule has 1 aromatic heterocycles. The van der Waals surface area contributed by atoms with Crippen molar-refractivity contribution >= 4 is 21.8 Å². The monoisotopic (exact) mass is 363 g/mol. The van der Waals surface area contributed by atoms with Crippen LogP contribution in [-0.4, -0.2) is 33.2 Å². The molecule has 10 heteroatoms. The molecule has 0 radical (unpaired) electrons. The van der Waals surface area contributed by atoms with Gasteiger partial charge in [-0.25, -0.2) is 4.68 Å². The van der Waals surface area contributed by atoms with E-state index < -0.39 is 17.6 Å². The third-order valence-electron chi connectivity index (χ3n) is 2.63. The van der Waals surface area contributed by atoms with Crippen LogP contribution in [0.3, 0.4) is 0 Å². The van der Waals surface area contributed by atoms with Crippen LogP contribution in [0.1, 0.15) is 5.56 Å². The summed E-state index contributed by atoms with van der Waals surface area (Å²) in [5.41, 5.74) is -1.08. The molecule has 1 N–H and O–H groups in total. The van der Waals surface area contributed by atoms with E-state index in [1.54, 1.807) is 0 Å². The lowest BCUT2D eigenvalue weighted by Gasteiger charge is -2.12. The highest BCUT2D eigenvalue weighted by Gasteiger charge is 2.35. The van der Waals surface area contributed by atoms with Gasteiger partial charge in [0.05, 0.1) is 5.56 Å². The molecule has 21 heavy (non-hydrogen) atoms. The van der Waals surface area contributed by atoms with Crippen molar-refractivity contribution in [2.75, 3.05) is 7.05 Å². The quantitative estimate of drug-likeness (QED) is 0.903. The molecule has 0 saturated heterocycles. The number of nitrogens with zero attached hydrogens (tertiary/aromatic N) is 4. The number of rotatable bonds is 3. The zero-order valence-electron chi connectivity index (χ0n) is 10.6. The lowest BCUT2D eigenvalue weighted by Crippen LogP contribution is -2.24. The van der Waals surface area contributed by atoms with E-state index in [1.807, 2.05) is 0 Å². The Hall–Kier alpha value is -1.97. The SMILES string of the molecule is CNC(=O)Cn1nnnc1-c1ccc(Br)cc1C(F)(F)F. The molecule has 0 fully saturated rings. The zero-order valence-corrected chi connectivity index (χ0v) is 12.2. The van der Waals surface area contributed by atoms with E-state index in [4.69, 9.17) is 0 Å². The predicted molar refractivity (Wildman–Crippen MR) is 70.0 cm³/mol. The van der Waals surface area contributed by atoms with Gasteiger partial charge in [-0.2, -0.15) is 13.2 Å². The molecule has 1 heterocycles. The molecule has 0 atom stereocenters. The van der Waals surface area contributed by atoms with Crippen LogP contribution in [0.15, 0.2) is 22.7 Å². The van der Waals surface area contributed by atoms with Crippen molar-refractivity contribution in [2.24, 2.45) is 0 Å². The van der Waals surface area contributed by atoms with E-state index >= 15 is 0 Å². The summed E-state index contributed by atoms with van der Waals surface area (Å²) < 4.78 is 40.6. The first-order chi connectivity index (χ1) is 9.82. The molecular weight excluding hydrogens is 355 g/mol. The minimum absolute atomic E-state index is 0.126. The van der Waals surface area contributed by atoms with Crippen molar-refractivity contribution in [3.63, 3.8) is 0 Å². The van der Waals surface area contributed by atoms with Crippen molar-refractivity contribution in [3.8, 4) is 11.4 Å². The number of halogens is 4. The summed E-state index contributed by atoms with van der Waals surface area (Å²) in [5, 5.41) is 12.8. The topological polar surface area (TPSA) is 72.7 Å². The number of carbonyl (C=O) groups is 1. The first kappa shape index (κ1) is 15.4. The molecule has 0 bridgehead atoms. The summed E-state index contributed by atoms with van der Waals surface area (Å²) in [6.45, 7) is -0.272. The summed E-state index contributed by atoms with van der Waals surface area (Å²) >= 11 is 3.00. The summed E-state index contributed by atoms with van der Waals surface area (Å²) in [5.74, 6) is -0.548. The molecule has 0 aliphatic rings. The van der Waals surface area contributed by atoms with Gasteiger partial charge in [-0.15, -0.1) is 5.10 Å².